The van der Waals surface area contributed by atoms with Crippen LogP contribution in [-0.4, -0.2) is 11.9 Å². The molecular formula is C16H14ClNO3. The van der Waals surface area contributed by atoms with Crippen molar-refractivity contribution in [3.63, 3.8) is 0 Å². The predicted molar refractivity (Wildman–Crippen MR) is 81.3 cm³/mol. The molecule has 2 aromatic carbocycles. The molecule has 1 amide bonds. The average Bonchev–Trinajstić information content (AvgIpc) is 2.46. The number of para-hydroxylation sites is 1. The van der Waals surface area contributed by atoms with Crippen molar-refractivity contribution in [3.05, 3.63) is 64.7 Å². The monoisotopic (exact) mass is 303 g/mol. The molecule has 0 heterocycles. The number of esters is 1. The first-order valence-electron chi connectivity index (χ1n) is 6.35. The van der Waals surface area contributed by atoms with Crippen LogP contribution >= 0.6 is 11.6 Å². The number of carbonyl (C=O) groups excluding carboxylic acids is 2. The Balaban J connectivity index is 2.10. The van der Waals surface area contributed by atoms with Crippen LogP contribution in [-0.2, 0) is 16.1 Å². The highest BCUT2D eigenvalue weighted by molar-refractivity contribution is 6.31. The van der Waals surface area contributed by atoms with E-state index >= 15 is 0 Å². The summed E-state index contributed by atoms with van der Waals surface area (Å²) in [5.41, 5.74) is 1.46. The Kier molecular flexibility index (Phi) is 4.95. The molecule has 0 atom stereocenters. The van der Waals surface area contributed by atoms with Gasteiger partial charge in [0.25, 0.3) is 0 Å². The maximum atomic E-state index is 12.1. The lowest BCUT2D eigenvalue weighted by Gasteiger charge is -2.10. The second-order valence-electron chi connectivity index (χ2n) is 4.39. The minimum Gasteiger partial charge on any atom is -0.457 e. The molecule has 0 aromatic heterocycles. The molecule has 0 fully saturated rings. The highest BCUT2D eigenvalue weighted by Crippen LogP contribution is 2.19. The van der Waals surface area contributed by atoms with Crippen LogP contribution in [0.5, 0.6) is 0 Å². The number of carbonyl (C=O) groups is 2. The van der Waals surface area contributed by atoms with Crippen LogP contribution in [0, 0.1) is 0 Å². The first kappa shape index (κ1) is 15.1. The number of halogens is 1. The molecule has 4 nitrogen and oxygen atoms in total. The van der Waals surface area contributed by atoms with Crippen molar-refractivity contribution in [2.75, 3.05) is 5.32 Å². The number of ether oxygens (including phenoxy) is 1. The van der Waals surface area contributed by atoms with Gasteiger partial charge in [0.15, 0.2) is 0 Å². The van der Waals surface area contributed by atoms with Gasteiger partial charge in [0.05, 0.1) is 11.3 Å². The molecule has 0 spiro atoms. The smallest absolute Gasteiger partial charge is 0.340 e. The summed E-state index contributed by atoms with van der Waals surface area (Å²) in [6.07, 6.45) is 0. The zero-order chi connectivity index (χ0) is 15.2. The predicted octanol–water partition coefficient (Wildman–Crippen LogP) is 3.66. The third kappa shape index (κ3) is 4.07. The summed E-state index contributed by atoms with van der Waals surface area (Å²) in [4.78, 5) is 23.2. The fourth-order valence-corrected chi connectivity index (χ4v) is 1.99. The molecule has 0 radical (unpaired) electrons. The van der Waals surface area contributed by atoms with Crippen molar-refractivity contribution in [2.24, 2.45) is 0 Å². The molecule has 0 aliphatic rings. The number of anilines is 1. The summed E-state index contributed by atoms with van der Waals surface area (Å²) < 4.78 is 5.24. The molecule has 2 aromatic rings. The molecular weight excluding hydrogens is 290 g/mol. The average molecular weight is 304 g/mol. The Morgan fingerprint density at radius 2 is 1.76 bits per heavy atom. The molecule has 21 heavy (non-hydrogen) atoms. The quantitative estimate of drug-likeness (QED) is 0.877. The first-order valence-corrected chi connectivity index (χ1v) is 6.73. The van der Waals surface area contributed by atoms with Crippen LogP contribution in [0.2, 0.25) is 5.02 Å². The van der Waals surface area contributed by atoms with Crippen LogP contribution in [0.25, 0.3) is 0 Å². The van der Waals surface area contributed by atoms with E-state index in [0.717, 1.165) is 5.56 Å². The molecule has 1 N–H and O–H groups in total. The lowest BCUT2D eigenvalue weighted by Crippen LogP contribution is -2.12. The molecule has 5 heteroatoms. The van der Waals surface area contributed by atoms with E-state index in [1.54, 1.807) is 42.5 Å². The number of hydrogen-bond acceptors (Lipinski definition) is 3. The normalized spacial score (nSPS) is 10.0. The van der Waals surface area contributed by atoms with Gasteiger partial charge < -0.3 is 10.1 Å². The van der Waals surface area contributed by atoms with Crippen LogP contribution < -0.4 is 5.32 Å². The second kappa shape index (κ2) is 6.90. The van der Waals surface area contributed by atoms with Crippen molar-refractivity contribution in [1.29, 1.82) is 0 Å². The van der Waals surface area contributed by atoms with E-state index in [0.29, 0.717) is 16.3 Å². The third-order valence-corrected chi connectivity index (χ3v) is 3.14. The summed E-state index contributed by atoms with van der Waals surface area (Å²) >= 11 is 6.01. The Bertz CT molecular complexity index is 670. The molecule has 2 rings (SSSR count). The molecule has 108 valence electrons. The van der Waals surface area contributed by atoms with Gasteiger partial charge in [-0.15, -0.1) is 0 Å². The minimum atomic E-state index is -0.515. The largest absolute Gasteiger partial charge is 0.457 e. The number of hydrogen-bond donors (Lipinski definition) is 1. The van der Waals surface area contributed by atoms with Gasteiger partial charge in [0.1, 0.15) is 6.61 Å². The van der Waals surface area contributed by atoms with E-state index in [4.69, 9.17) is 16.3 Å². The Morgan fingerprint density at radius 1 is 1.10 bits per heavy atom. The van der Waals surface area contributed by atoms with Gasteiger partial charge in [0.2, 0.25) is 5.91 Å². The van der Waals surface area contributed by atoms with Crippen LogP contribution in [0.1, 0.15) is 22.8 Å². The fourth-order valence-electron chi connectivity index (χ4n) is 1.80. The van der Waals surface area contributed by atoms with E-state index in [1.807, 2.05) is 6.07 Å². The fraction of sp³-hybridized carbons (Fsp3) is 0.125. The number of amides is 1. The summed E-state index contributed by atoms with van der Waals surface area (Å²) in [7, 11) is 0. The lowest BCUT2D eigenvalue weighted by atomic mass is 10.1. The zero-order valence-corrected chi connectivity index (χ0v) is 12.2. The van der Waals surface area contributed by atoms with Crippen molar-refractivity contribution in [2.45, 2.75) is 13.5 Å². The summed E-state index contributed by atoms with van der Waals surface area (Å²) in [6.45, 7) is 1.46. The standard InChI is InChI=1S/C16H14ClNO3/c1-11(19)18-15-9-5-3-7-13(15)16(20)21-10-12-6-2-4-8-14(12)17/h2-9H,10H2,1H3,(H,18,19). The Labute approximate surface area is 127 Å². The molecule has 0 aliphatic carbocycles. The molecule has 0 unspecified atom stereocenters. The molecule has 0 aliphatic heterocycles. The lowest BCUT2D eigenvalue weighted by molar-refractivity contribution is -0.114. The maximum Gasteiger partial charge on any atom is 0.340 e. The maximum absolute atomic E-state index is 12.1. The van der Waals surface area contributed by atoms with E-state index in [2.05, 4.69) is 5.32 Å². The van der Waals surface area contributed by atoms with Crippen LogP contribution in [0.4, 0.5) is 5.69 Å². The van der Waals surface area contributed by atoms with Gasteiger partial charge >= 0.3 is 5.97 Å². The number of nitrogens with one attached hydrogen (secondary N) is 1. The van der Waals surface area contributed by atoms with Crippen molar-refractivity contribution >= 4 is 29.2 Å². The van der Waals surface area contributed by atoms with Gasteiger partial charge in [-0.05, 0) is 18.2 Å². The van der Waals surface area contributed by atoms with Gasteiger partial charge in [-0.1, -0.05) is 41.9 Å². The first-order chi connectivity index (χ1) is 10.1. The van der Waals surface area contributed by atoms with Gasteiger partial charge in [-0.3, -0.25) is 4.79 Å². The summed E-state index contributed by atoms with van der Waals surface area (Å²) in [6, 6.07) is 13.8. The van der Waals surface area contributed by atoms with E-state index in [1.165, 1.54) is 6.92 Å². The highest BCUT2D eigenvalue weighted by atomic mass is 35.5. The van der Waals surface area contributed by atoms with Gasteiger partial charge in [-0.2, -0.15) is 0 Å². The summed E-state index contributed by atoms with van der Waals surface area (Å²) in [5, 5.41) is 3.14. The van der Waals surface area contributed by atoms with Gasteiger partial charge in [0, 0.05) is 17.5 Å². The Morgan fingerprint density at radius 3 is 2.48 bits per heavy atom. The van der Waals surface area contributed by atoms with Crippen LogP contribution in [0.3, 0.4) is 0 Å². The molecule has 0 bridgehead atoms. The minimum absolute atomic E-state index is 0.0763. The van der Waals surface area contributed by atoms with Crippen LogP contribution in [0.15, 0.2) is 48.5 Å². The van der Waals surface area contributed by atoms with E-state index < -0.39 is 5.97 Å². The highest BCUT2D eigenvalue weighted by Gasteiger charge is 2.13. The number of rotatable bonds is 4. The topological polar surface area (TPSA) is 55.4 Å². The molecule has 0 saturated heterocycles. The van der Waals surface area contributed by atoms with E-state index in [-0.39, 0.29) is 12.5 Å². The third-order valence-electron chi connectivity index (χ3n) is 2.77. The van der Waals surface area contributed by atoms with Crippen molar-refractivity contribution in [3.8, 4) is 0 Å². The Hall–Kier alpha value is -2.33. The van der Waals surface area contributed by atoms with Gasteiger partial charge in [-0.25, -0.2) is 4.79 Å². The van der Waals surface area contributed by atoms with E-state index in [9.17, 15) is 9.59 Å². The summed E-state index contributed by atoms with van der Waals surface area (Å²) in [5.74, 6) is -0.763. The SMILES string of the molecule is CC(=O)Nc1ccccc1C(=O)OCc1ccccc1Cl. The second-order valence-corrected chi connectivity index (χ2v) is 4.80. The van der Waals surface area contributed by atoms with Crippen molar-refractivity contribution in [1.82, 2.24) is 0 Å². The zero-order valence-electron chi connectivity index (χ0n) is 11.4. The van der Waals surface area contributed by atoms with Crippen molar-refractivity contribution < 1.29 is 14.3 Å². The number of benzene rings is 2. The molecule has 0 saturated carbocycles.